The number of fused-ring (bicyclic) bond motifs is 1. The third-order valence-corrected chi connectivity index (χ3v) is 6.52. The van der Waals surface area contributed by atoms with Gasteiger partial charge < -0.3 is 14.5 Å². The van der Waals surface area contributed by atoms with Crippen molar-refractivity contribution in [2.45, 2.75) is 44.7 Å². The molecule has 152 valence electrons. The second-order valence-electron chi connectivity index (χ2n) is 8.18. The lowest BCUT2D eigenvalue weighted by molar-refractivity contribution is -0.158. The van der Waals surface area contributed by atoms with Crippen LogP contribution in [-0.4, -0.2) is 65.2 Å². The number of alkyl halides is 1. The SMILES string of the molecule is CCOC(=O)[C@@]12CCCN(C(=O)C3(F)CCC3)C[C@H]1CN(c1ncccn1)C2. The van der Waals surface area contributed by atoms with Gasteiger partial charge in [0, 0.05) is 44.5 Å². The third-order valence-electron chi connectivity index (χ3n) is 6.52. The minimum Gasteiger partial charge on any atom is -0.466 e. The molecule has 0 N–H and O–H groups in total. The molecule has 8 heteroatoms. The lowest BCUT2D eigenvalue weighted by Crippen LogP contribution is -2.52. The van der Waals surface area contributed by atoms with Gasteiger partial charge in [-0.05, 0) is 45.1 Å². The summed E-state index contributed by atoms with van der Waals surface area (Å²) in [6.45, 7) is 3.98. The maximum Gasteiger partial charge on any atom is 0.314 e. The Bertz CT molecular complexity index is 742. The van der Waals surface area contributed by atoms with E-state index in [1.807, 2.05) is 4.90 Å². The van der Waals surface area contributed by atoms with Crippen molar-refractivity contribution in [3.05, 3.63) is 18.5 Å². The molecule has 3 aliphatic rings. The third kappa shape index (κ3) is 3.12. The van der Waals surface area contributed by atoms with Gasteiger partial charge in [-0.1, -0.05) is 0 Å². The molecule has 4 rings (SSSR count). The van der Waals surface area contributed by atoms with Gasteiger partial charge in [0.25, 0.3) is 5.91 Å². The number of aromatic nitrogens is 2. The zero-order valence-electron chi connectivity index (χ0n) is 16.3. The zero-order valence-corrected chi connectivity index (χ0v) is 16.3. The summed E-state index contributed by atoms with van der Waals surface area (Å²) in [7, 11) is 0. The minimum absolute atomic E-state index is 0.134. The molecule has 0 spiro atoms. The van der Waals surface area contributed by atoms with Crippen LogP contribution in [0.15, 0.2) is 18.5 Å². The van der Waals surface area contributed by atoms with Gasteiger partial charge in [0.1, 0.15) is 0 Å². The number of hydrogen-bond donors (Lipinski definition) is 0. The fraction of sp³-hybridized carbons (Fsp3) is 0.700. The highest BCUT2D eigenvalue weighted by atomic mass is 19.1. The molecule has 1 aromatic heterocycles. The van der Waals surface area contributed by atoms with Gasteiger partial charge >= 0.3 is 5.97 Å². The highest BCUT2D eigenvalue weighted by Crippen LogP contribution is 2.46. The van der Waals surface area contributed by atoms with Crippen molar-refractivity contribution in [1.82, 2.24) is 14.9 Å². The van der Waals surface area contributed by atoms with E-state index in [-0.39, 0.29) is 11.9 Å². The Kier molecular flexibility index (Phi) is 4.97. The summed E-state index contributed by atoms with van der Waals surface area (Å²) in [5.41, 5.74) is -2.43. The number of esters is 1. The average Bonchev–Trinajstić information content (AvgIpc) is 2.95. The summed E-state index contributed by atoms with van der Waals surface area (Å²) >= 11 is 0. The van der Waals surface area contributed by atoms with Crippen LogP contribution < -0.4 is 4.90 Å². The number of halogens is 1. The van der Waals surface area contributed by atoms with Crippen LogP contribution in [0, 0.1) is 11.3 Å². The monoisotopic (exact) mass is 390 g/mol. The van der Waals surface area contributed by atoms with Crippen LogP contribution in [0.1, 0.15) is 39.0 Å². The smallest absolute Gasteiger partial charge is 0.314 e. The van der Waals surface area contributed by atoms with Gasteiger partial charge in [-0.2, -0.15) is 0 Å². The maximum atomic E-state index is 14.8. The molecular weight excluding hydrogens is 363 g/mol. The van der Waals surface area contributed by atoms with E-state index in [1.54, 1.807) is 30.3 Å². The highest BCUT2D eigenvalue weighted by molar-refractivity contribution is 5.86. The van der Waals surface area contributed by atoms with E-state index in [0.29, 0.717) is 64.4 Å². The number of carbonyl (C=O) groups is 2. The van der Waals surface area contributed by atoms with E-state index in [4.69, 9.17) is 4.74 Å². The Morgan fingerprint density at radius 3 is 2.61 bits per heavy atom. The van der Waals surface area contributed by atoms with Gasteiger partial charge in [-0.25, -0.2) is 14.4 Å². The molecule has 7 nitrogen and oxygen atoms in total. The fourth-order valence-electron chi connectivity index (χ4n) is 4.82. The zero-order chi connectivity index (χ0) is 19.8. The Hall–Kier alpha value is -2.25. The second kappa shape index (κ2) is 7.29. The van der Waals surface area contributed by atoms with Crippen molar-refractivity contribution >= 4 is 17.8 Å². The summed E-state index contributed by atoms with van der Waals surface area (Å²) < 4.78 is 20.2. The average molecular weight is 390 g/mol. The van der Waals surface area contributed by atoms with Gasteiger partial charge in [0.05, 0.1) is 12.0 Å². The van der Waals surface area contributed by atoms with Crippen LogP contribution in [0.25, 0.3) is 0 Å². The molecule has 0 radical (unpaired) electrons. The number of carbonyl (C=O) groups excluding carboxylic acids is 2. The van der Waals surface area contributed by atoms with Crippen molar-refractivity contribution < 1.29 is 18.7 Å². The molecule has 3 heterocycles. The number of likely N-dealkylation sites (tertiary alicyclic amines) is 1. The first kappa shape index (κ1) is 19.1. The highest BCUT2D eigenvalue weighted by Gasteiger charge is 2.56. The largest absolute Gasteiger partial charge is 0.466 e. The van der Waals surface area contributed by atoms with E-state index in [0.717, 1.165) is 6.42 Å². The van der Waals surface area contributed by atoms with Crippen molar-refractivity contribution in [3.8, 4) is 0 Å². The molecule has 1 saturated carbocycles. The predicted octanol–water partition coefficient (Wildman–Crippen LogP) is 1.98. The molecule has 1 aromatic rings. The first-order chi connectivity index (χ1) is 13.5. The first-order valence-corrected chi connectivity index (χ1v) is 10.2. The summed E-state index contributed by atoms with van der Waals surface area (Å²) in [6, 6.07) is 1.75. The number of ether oxygens (including phenoxy) is 1. The molecule has 1 aliphatic carbocycles. The van der Waals surface area contributed by atoms with E-state index in [2.05, 4.69) is 9.97 Å². The van der Waals surface area contributed by atoms with Gasteiger partial charge in [-0.15, -0.1) is 0 Å². The van der Waals surface area contributed by atoms with E-state index in [1.165, 1.54) is 0 Å². The molecule has 2 saturated heterocycles. The Balaban J connectivity index is 1.60. The van der Waals surface area contributed by atoms with Crippen molar-refractivity contribution in [2.75, 3.05) is 37.7 Å². The lowest BCUT2D eigenvalue weighted by atomic mass is 9.75. The van der Waals surface area contributed by atoms with Crippen LogP contribution in [0.5, 0.6) is 0 Å². The molecule has 2 atom stereocenters. The normalized spacial score (nSPS) is 28.9. The fourth-order valence-corrected chi connectivity index (χ4v) is 4.82. The maximum absolute atomic E-state index is 14.8. The first-order valence-electron chi connectivity index (χ1n) is 10.2. The van der Waals surface area contributed by atoms with E-state index < -0.39 is 17.0 Å². The topological polar surface area (TPSA) is 75.6 Å². The van der Waals surface area contributed by atoms with Gasteiger partial charge in [0.15, 0.2) is 5.67 Å². The Morgan fingerprint density at radius 1 is 1.21 bits per heavy atom. The Labute approximate surface area is 164 Å². The van der Waals surface area contributed by atoms with Crippen LogP contribution in [0.4, 0.5) is 10.3 Å². The molecule has 1 amide bonds. The van der Waals surface area contributed by atoms with Crippen molar-refractivity contribution in [2.24, 2.45) is 11.3 Å². The lowest BCUT2D eigenvalue weighted by Gasteiger charge is -2.38. The predicted molar refractivity (Wildman–Crippen MR) is 100 cm³/mol. The van der Waals surface area contributed by atoms with Crippen LogP contribution in [0.2, 0.25) is 0 Å². The number of hydrogen-bond acceptors (Lipinski definition) is 6. The summed E-state index contributed by atoms with van der Waals surface area (Å²) in [6.07, 6.45) is 5.98. The minimum atomic E-state index is -1.71. The van der Waals surface area contributed by atoms with E-state index in [9.17, 15) is 14.0 Å². The summed E-state index contributed by atoms with van der Waals surface area (Å²) in [4.78, 5) is 38.1. The van der Waals surface area contributed by atoms with Crippen molar-refractivity contribution in [3.63, 3.8) is 0 Å². The van der Waals surface area contributed by atoms with Gasteiger partial charge in [-0.3, -0.25) is 9.59 Å². The molecule has 3 fully saturated rings. The van der Waals surface area contributed by atoms with Crippen molar-refractivity contribution in [1.29, 1.82) is 0 Å². The molecule has 0 aromatic carbocycles. The number of anilines is 1. The van der Waals surface area contributed by atoms with Gasteiger partial charge in [0.2, 0.25) is 5.95 Å². The molecule has 28 heavy (non-hydrogen) atoms. The molecule has 2 aliphatic heterocycles. The second-order valence-corrected chi connectivity index (χ2v) is 8.18. The Morgan fingerprint density at radius 2 is 1.96 bits per heavy atom. The van der Waals surface area contributed by atoms with E-state index >= 15 is 0 Å². The number of amides is 1. The summed E-state index contributed by atoms with van der Waals surface area (Å²) in [5.74, 6) is -0.206. The quantitative estimate of drug-likeness (QED) is 0.732. The number of rotatable bonds is 4. The van der Waals surface area contributed by atoms with Crippen LogP contribution in [-0.2, 0) is 14.3 Å². The number of nitrogens with zero attached hydrogens (tertiary/aromatic N) is 4. The standard InChI is InChI=1S/C20H27FN4O3/c1-2-28-17(27)19-6-4-11-24(16(26)20(21)7-3-8-20)12-15(19)13-25(14-19)18-22-9-5-10-23-18/h5,9-10,15H,2-4,6-8,11-14H2,1H3/t15-,19+/m0/s1. The molecular formula is C20H27FN4O3. The van der Waals surface area contributed by atoms with Crippen LogP contribution >= 0.6 is 0 Å². The molecule has 0 unspecified atom stereocenters. The summed E-state index contributed by atoms with van der Waals surface area (Å²) in [5, 5.41) is 0. The molecule has 0 bridgehead atoms. The van der Waals surface area contributed by atoms with Crippen LogP contribution in [0.3, 0.4) is 0 Å².